The zero-order valence-corrected chi connectivity index (χ0v) is 13.7. The minimum Gasteiger partial charge on any atom is -0.355 e. The summed E-state index contributed by atoms with van der Waals surface area (Å²) in [6.45, 7) is 0.764. The molecule has 0 radical (unpaired) electrons. The van der Waals surface area contributed by atoms with E-state index in [1.54, 1.807) is 0 Å². The van der Waals surface area contributed by atoms with E-state index in [0.717, 1.165) is 30.8 Å². The number of nitrogens with zero attached hydrogens (tertiary/aromatic N) is 5. The van der Waals surface area contributed by atoms with Crippen LogP contribution in [0, 0.1) is 5.92 Å². The van der Waals surface area contributed by atoms with Crippen LogP contribution < -0.4 is 5.32 Å². The van der Waals surface area contributed by atoms with E-state index in [1.165, 1.54) is 12.8 Å². The molecule has 8 nitrogen and oxygen atoms in total. The zero-order valence-electron chi connectivity index (χ0n) is 13.7. The number of aromatic nitrogens is 5. The predicted molar refractivity (Wildman–Crippen MR) is 87.7 cm³/mol. The Kier molecular flexibility index (Phi) is 3.29. The molecule has 2 fully saturated rings. The van der Waals surface area contributed by atoms with E-state index in [0.29, 0.717) is 29.2 Å². The Bertz CT molecular complexity index is 938. The highest BCUT2D eigenvalue weighted by molar-refractivity contribution is 5.78. The lowest BCUT2D eigenvalue weighted by atomic mass is 10.2. The van der Waals surface area contributed by atoms with E-state index in [9.17, 15) is 4.79 Å². The Morgan fingerprint density at radius 3 is 2.96 bits per heavy atom. The first-order valence-electron chi connectivity index (χ1n) is 8.70. The van der Waals surface area contributed by atoms with E-state index in [1.807, 2.05) is 22.7 Å². The normalized spacial score (nSPS) is 17.1. The SMILES string of the molecule is O=C(Cc1nnc2cc(-c3nc(C4CC4)no3)ccn12)NCC1CC1. The van der Waals surface area contributed by atoms with Gasteiger partial charge in [-0.1, -0.05) is 5.16 Å². The molecular formula is C17H18N6O2. The van der Waals surface area contributed by atoms with Crippen molar-refractivity contribution in [1.82, 2.24) is 30.1 Å². The molecule has 2 aliphatic rings. The molecule has 128 valence electrons. The topological polar surface area (TPSA) is 98.2 Å². The maximum atomic E-state index is 12.0. The maximum Gasteiger partial charge on any atom is 0.258 e. The number of carbonyl (C=O) groups excluding carboxylic acids is 1. The quantitative estimate of drug-likeness (QED) is 0.735. The number of amides is 1. The zero-order chi connectivity index (χ0) is 16.8. The van der Waals surface area contributed by atoms with E-state index < -0.39 is 0 Å². The average molecular weight is 338 g/mol. The molecular weight excluding hydrogens is 320 g/mol. The van der Waals surface area contributed by atoms with Crippen molar-refractivity contribution < 1.29 is 9.32 Å². The highest BCUT2D eigenvalue weighted by Gasteiger charge is 2.29. The third kappa shape index (κ3) is 2.99. The molecule has 3 aromatic heterocycles. The van der Waals surface area contributed by atoms with Crippen molar-refractivity contribution in [2.75, 3.05) is 6.54 Å². The van der Waals surface area contributed by atoms with Gasteiger partial charge in [0, 0.05) is 24.2 Å². The summed E-state index contributed by atoms with van der Waals surface area (Å²) in [4.78, 5) is 16.5. The number of pyridine rings is 1. The highest BCUT2D eigenvalue weighted by Crippen LogP contribution is 2.38. The minimum atomic E-state index is -0.0174. The van der Waals surface area contributed by atoms with Crippen LogP contribution in [0.2, 0.25) is 0 Å². The predicted octanol–water partition coefficient (Wildman–Crippen LogP) is 1.73. The molecule has 2 aliphatic carbocycles. The number of nitrogens with one attached hydrogen (secondary N) is 1. The van der Waals surface area contributed by atoms with Gasteiger partial charge in [-0.05, 0) is 43.7 Å². The van der Waals surface area contributed by atoms with Gasteiger partial charge in [0.05, 0.1) is 6.42 Å². The Balaban J connectivity index is 1.34. The molecule has 0 unspecified atom stereocenters. The Morgan fingerprint density at radius 2 is 2.16 bits per heavy atom. The van der Waals surface area contributed by atoms with Gasteiger partial charge in [0.25, 0.3) is 5.89 Å². The number of hydrogen-bond donors (Lipinski definition) is 1. The number of hydrogen-bond acceptors (Lipinski definition) is 6. The second kappa shape index (κ2) is 5.65. The average Bonchev–Trinajstić information content (AvgIpc) is 3.55. The summed E-state index contributed by atoms with van der Waals surface area (Å²) in [5.41, 5.74) is 1.47. The highest BCUT2D eigenvalue weighted by atomic mass is 16.5. The fourth-order valence-corrected chi connectivity index (χ4v) is 2.84. The standard InChI is InChI=1S/C17H18N6O2/c24-15(18-9-10-1-2-10)8-14-21-20-13-7-12(5-6-23(13)14)17-19-16(22-25-17)11-3-4-11/h5-7,10-11H,1-4,8-9H2,(H,18,24). The summed E-state index contributed by atoms with van der Waals surface area (Å²) in [7, 11) is 0. The molecule has 3 heterocycles. The fraction of sp³-hybridized carbons (Fsp3) is 0.471. The van der Waals surface area contributed by atoms with Crippen LogP contribution in [0.4, 0.5) is 0 Å². The first-order valence-corrected chi connectivity index (χ1v) is 8.70. The lowest BCUT2D eigenvalue weighted by Gasteiger charge is -2.03. The largest absolute Gasteiger partial charge is 0.355 e. The molecule has 0 spiro atoms. The van der Waals surface area contributed by atoms with Crippen molar-refractivity contribution in [2.45, 2.75) is 38.0 Å². The van der Waals surface area contributed by atoms with Gasteiger partial charge in [-0.2, -0.15) is 4.98 Å². The molecule has 0 aromatic carbocycles. The lowest BCUT2D eigenvalue weighted by molar-refractivity contribution is -0.120. The molecule has 0 saturated heterocycles. The summed E-state index contributed by atoms with van der Waals surface area (Å²) in [5, 5.41) is 15.3. The monoisotopic (exact) mass is 338 g/mol. The van der Waals surface area contributed by atoms with Gasteiger partial charge in [0.2, 0.25) is 5.91 Å². The summed E-state index contributed by atoms with van der Waals surface area (Å²) in [6.07, 6.45) is 6.77. The Labute approximate surface area is 143 Å². The third-order valence-corrected chi connectivity index (χ3v) is 4.72. The third-order valence-electron chi connectivity index (χ3n) is 4.72. The van der Waals surface area contributed by atoms with Crippen LogP contribution >= 0.6 is 0 Å². The number of rotatable bonds is 6. The second-order valence-corrected chi connectivity index (χ2v) is 6.92. The van der Waals surface area contributed by atoms with E-state index in [-0.39, 0.29) is 12.3 Å². The van der Waals surface area contributed by atoms with Crippen molar-refractivity contribution in [2.24, 2.45) is 5.92 Å². The molecule has 1 N–H and O–H groups in total. The van der Waals surface area contributed by atoms with Crippen LogP contribution in [0.3, 0.4) is 0 Å². The molecule has 5 rings (SSSR count). The summed E-state index contributed by atoms with van der Waals surface area (Å²) >= 11 is 0. The van der Waals surface area contributed by atoms with Gasteiger partial charge < -0.3 is 9.84 Å². The summed E-state index contributed by atoms with van der Waals surface area (Å²) < 4.78 is 7.17. The molecule has 0 atom stereocenters. The molecule has 1 amide bonds. The van der Waals surface area contributed by atoms with E-state index in [2.05, 4.69) is 25.7 Å². The van der Waals surface area contributed by atoms with Crippen molar-refractivity contribution in [3.8, 4) is 11.5 Å². The molecule has 3 aromatic rings. The molecule has 25 heavy (non-hydrogen) atoms. The first-order chi connectivity index (χ1) is 12.3. The van der Waals surface area contributed by atoms with E-state index >= 15 is 0 Å². The van der Waals surface area contributed by atoms with Gasteiger partial charge in [-0.25, -0.2) is 0 Å². The van der Waals surface area contributed by atoms with Crippen molar-refractivity contribution in [3.05, 3.63) is 30.0 Å². The summed E-state index contributed by atoms with van der Waals surface area (Å²) in [6, 6.07) is 3.73. The minimum absolute atomic E-state index is 0.0174. The lowest BCUT2D eigenvalue weighted by Crippen LogP contribution is -2.27. The number of carbonyl (C=O) groups is 1. The fourth-order valence-electron chi connectivity index (χ4n) is 2.84. The molecule has 0 bridgehead atoms. The molecule has 8 heteroatoms. The van der Waals surface area contributed by atoms with Crippen LogP contribution in [-0.4, -0.2) is 37.2 Å². The van der Waals surface area contributed by atoms with Gasteiger partial charge >= 0.3 is 0 Å². The second-order valence-electron chi connectivity index (χ2n) is 6.92. The van der Waals surface area contributed by atoms with Gasteiger partial charge in [-0.3, -0.25) is 9.20 Å². The van der Waals surface area contributed by atoms with Crippen LogP contribution in [0.15, 0.2) is 22.9 Å². The molecule has 0 aliphatic heterocycles. The van der Waals surface area contributed by atoms with Crippen molar-refractivity contribution in [3.63, 3.8) is 0 Å². The van der Waals surface area contributed by atoms with Crippen molar-refractivity contribution >= 4 is 11.6 Å². The maximum absolute atomic E-state index is 12.0. The Hall–Kier alpha value is -2.77. The van der Waals surface area contributed by atoms with E-state index in [4.69, 9.17) is 4.52 Å². The molecule has 2 saturated carbocycles. The van der Waals surface area contributed by atoms with Crippen molar-refractivity contribution in [1.29, 1.82) is 0 Å². The van der Waals surface area contributed by atoms with Gasteiger partial charge in [0.15, 0.2) is 11.5 Å². The number of fused-ring (bicyclic) bond motifs is 1. The van der Waals surface area contributed by atoms with Crippen LogP contribution in [0.5, 0.6) is 0 Å². The summed E-state index contributed by atoms with van der Waals surface area (Å²) in [5.74, 6) is 3.00. The van der Waals surface area contributed by atoms with Crippen LogP contribution in [-0.2, 0) is 11.2 Å². The van der Waals surface area contributed by atoms with Gasteiger partial charge in [-0.15, -0.1) is 10.2 Å². The first kappa shape index (κ1) is 14.6. The smallest absolute Gasteiger partial charge is 0.258 e. The van der Waals surface area contributed by atoms with Gasteiger partial charge in [0.1, 0.15) is 5.82 Å². The van der Waals surface area contributed by atoms with Crippen LogP contribution in [0.25, 0.3) is 17.1 Å². The van der Waals surface area contributed by atoms with Crippen LogP contribution in [0.1, 0.15) is 43.3 Å². The Morgan fingerprint density at radius 1 is 1.28 bits per heavy atom.